The summed E-state index contributed by atoms with van der Waals surface area (Å²) in [5.41, 5.74) is 2.35. The van der Waals surface area contributed by atoms with E-state index in [2.05, 4.69) is 10.3 Å². The van der Waals surface area contributed by atoms with Crippen LogP contribution in [0.4, 0.5) is 0 Å². The Kier molecular flexibility index (Phi) is 5.99. The van der Waals surface area contributed by atoms with Crippen molar-refractivity contribution in [2.75, 3.05) is 14.2 Å². The van der Waals surface area contributed by atoms with Gasteiger partial charge < -0.3 is 19.2 Å². The number of ether oxygens (including phenoxy) is 2. The minimum Gasteiger partial charge on any atom is -0.497 e. The number of rotatable bonds is 7. The molecular formula is C22H24N2O4. The van der Waals surface area contributed by atoms with Crippen LogP contribution < -0.4 is 14.8 Å². The van der Waals surface area contributed by atoms with E-state index in [4.69, 9.17) is 13.9 Å². The van der Waals surface area contributed by atoms with Crippen LogP contribution in [-0.4, -0.2) is 25.1 Å². The smallest absolute Gasteiger partial charge is 0.226 e. The highest BCUT2D eigenvalue weighted by molar-refractivity contribution is 5.79. The van der Waals surface area contributed by atoms with Crippen LogP contribution in [0.5, 0.6) is 11.5 Å². The van der Waals surface area contributed by atoms with Gasteiger partial charge in [-0.15, -0.1) is 0 Å². The number of nitrogens with zero attached hydrogens (tertiary/aromatic N) is 1. The van der Waals surface area contributed by atoms with Crippen molar-refractivity contribution in [1.29, 1.82) is 0 Å². The second-order valence-electron chi connectivity index (χ2n) is 6.46. The van der Waals surface area contributed by atoms with Crippen LogP contribution in [0.1, 0.15) is 30.0 Å². The summed E-state index contributed by atoms with van der Waals surface area (Å²) in [6, 6.07) is 14.9. The first-order valence-electron chi connectivity index (χ1n) is 9.04. The Hall–Kier alpha value is -3.28. The number of methoxy groups -OCH3 is 2. The summed E-state index contributed by atoms with van der Waals surface area (Å²) in [6.45, 7) is 3.72. The van der Waals surface area contributed by atoms with E-state index in [-0.39, 0.29) is 18.4 Å². The van der Waals surface area contributed by atoms with Crippen LogP contribution in [0.15, 0.2) is 52.9 Å². The highest BCUT2D eigenvalue weighted by Crippen LogP contribution is 2.29. The molecule has 146 valence electrons. The van der Waals surface area contributed by atoms with Crippen LogP contribution in [0.2, 0.25) is 0 Å². The van der Waals surface area contributed by atoms with Gasteiger partial charge in [-0.3, -0.25) is 4.79 Å². The predicted molar refractivity (Wildman–Crippen MR) is 106 cm³/mol. The van der Waals surface area contributed by atoms with Gasteiger partial charge in [-0.2, -0.15) is 0 Å². The first-order chi connectivity index (χ1) is 13.5. The normalized spacial score (nSPS) is 11.7. The number of benzene rings is 2. The molecule has 0 aliphatic heterocycles. The molecular weight excluding hydrogens is 356 g/mol. The zero-order valence-corrected chi connectivity index (χ0v) is 16.5. The van der Waals surface area contributed by atoms with Gasteiger partial charge in [0, 0.05) is 11.1 Å². The second-order valence-corrected chi connectivity index (χ2v) is 6.46. The third-order valence-corrected chi connectivity index (χ3v) is 4.52. The van der Waals surface area contributed by atoms with E-state index in [1.54, 1.807) is 14.2 Å². The number of nitrogens with one attached hydrogen (secondary N) is 1. The van der Waals surface area contributed by atoms with Crippen molar-refractivity contribution in [2.24, 2.45) is 0 Å². The quantitative estimate of drug-likeness (QED) is 0.668. The molecule has 0 aliphatic rings. The fraction of sp³-hybridized carbons (Fsp3) is 0.273. The monoisotopic (exact) mass is 380 g/mol. The average Bonchev–Trinajstić information content (AvgIpc) is 3.08. The Balaban J connectivity index is 1.72. The van der Waals surface area contributed by atoms with Crippen LogP contribution >= 0.6 is 0 Å². The standard InChI is InChI=1S/C22H24N2O4/c1-14(18-12-17(26-3)10-11-20(18)27-4)23-21(25)13-19-15(2)28-22(24-19)16-8-6-5-7-9-16/h5-12,14H,13H2,1-4H3,(H,23,25). The Morgan fingerprint density at radius 1 is 1.14 bits per heavy atom. The topological polar surface area (TPSA) is 73.6 Å². The molecule has 0 saturated carbocycles. The minimum atomic E-state index is -0.252. The zero-order valence-electron chi connectivity index (χ0n) is 16.5. The van der Waals surface area contributed by atoms with Crippen molar-refractivity contribution in [1.82, 2.24) is 10.3 Å². The summed E-state index contributed by atoms with van der Waals surface area (Å²) < 4.78 is 16.4. The molecule has 0 aliphatic carbocycles. The Morgan fingerprint density at radius 2 is 1.89 bits per heavy atom. The fourth-order valence-electron chi connectivity index (χ4n) is 3.00. The number of carbonyl (C=O) groups excluding carboxylic acids is 1. The van der Waals surface area contributed by atoms with Gasteiger partial charge in [0.05, 0.1) is 32.4 Å². The Morgan fingerprint density at radius 3 is 2.57 bits per heavy atom. The molecule has 6 heteroatoms. The minimum absolute atomic E-state index is 0.138. The molecule has 1 amide bonds. The number of aromatic nitrogens is 1. The molecule has 2 aromatic carbocycles. The highest BCUT2D eigenvalue weighted by Gasteiger charge is 2.18. The van der Waals surface area contributed by atoms with Gasteiger partial charge in [0.2, 0.25) is 11.8 Å². The summed E-state index contributed by atoms with van der Waals surface area (Å²) in [5.74, 6) is 2.41. The van der Waals surface area contributed by atoms with Crippen molar-refractivity contribution < 1.29 is 18.7 Å². The van der Waals surface area contributed by atoms with Crippen LogP contribution in [-0.2, 0) is 11.2 Å². The number of aryl methyl sites for hydroxylation is 1. The van der Waals surface area contributed by atoms with E-state index in [1.807, 2.05) is 62.4 Å². The number of amides is 1. The predicted octanol–water partition coefficient (Wildman–Crippen LogP) is 4.09. The molecule has 1 aromatic heterocycles. The molecule has 1 atom stereocenters. The lowest BCUT2D eigenvalue weighted by Gasteiger charge is -2.18. The maximum Gasteiger partial charge on any atom is 0.226 e. The van der Waals surface area contributed by atoms with E-state index in [0.29, 0.717) is 28.8 Å². The van der Waals surface area contributed by atoms with E-state index in [1.165, 1.54) is 0 Å². The lowest BCUT2D eigenvalue weighted by atomic mass is 10.1. The van der Waals surface area contributed by atoms with Crippen LogP contribution in [0.3, 0.4) is 0 Å². The number of hydrogen-bond donors (Lipinski definition) is 1. The molecule has 0 saturated heterocycles. The number of carbonyl (C=O) groups is 1. The maximum atomic E-state index is 12.6. The van der Waals surface area contributed by atoms with Gasteiger partial charge in [-0.1, -0.05) is 18.2 Å². The molecule has 3 rings (SSSR count). The molecule has 1 unspecified atom stereocenters. The van der Waals surface area contributed by atoms with E-state index < -0.39 is 0 Å². The number of hydrogen-bond acceptors (Lipinski definition) is 5. The average molecular weight is 380 g/mol. The SMILES string of the molecule is COc1ccc(OC)c(C(C)NC(=O)Cc2nc(-c3ccccc3)oc2C)c1. The van der Waals surface area contributed by atoms with Gasteiger partial charge >= 0.3 is 0 Å². The third-order valence-electron chi connectivity index (χ3n) is 4.52. The van der Waals surface area contributed by atoms with Gasteiger partial charge in [-0.05, 0) is 44.2 Å². The summed E-state index contributed by atoms with van der Waals surface area (Å²) in [7, 11) is 3.20. The zero-order chi connectivity index (χ0) is 20.1. The van der Waals surface area contributed by atoms with E-state index in [0.717, 1.165) is 11.1 Å². The highest BCUT2D eigenvalue weighted by atomic mass is 16.5. The Labute approximate surface area is 164 Å². The molecule has 1 N–H and O–H groups in total. The fourth-order valence-corrected chi connectivity index (χ4v) is 3.00. The second kappa shape index (κ2) is 8.61. The molecule has 1 heterocycles. The Bertz CT molecular complexity index is 950. The van der Waals surface area contributed by atoms with Crippen LogP contribution in [0, 0.1) is 6.92 Å². The van der Waals surface area contributed by atoms with Crippen molar-refractivity contribution in [3.8, 4) is 23.0 Å². The van der Waals surface area contributed by atoms with Gasteiger partial charge in [0.25, 0.3) is 0 Å². The maximum absolute atomic E-state index is 12.6. The van der Waals surface area contributed by atoms with E-state index >= 15 is 0 Å². The molecule has 28 heavy (non-hydrogen) atoms. The van der Waals surface area contributed by atoms with Gasteiger partial charge in [0.1, 0.15) is 17.3 Å². The van der Waals surface area contributed by atoms with Gasteiger partial charge in [0.15, 0.2) is 0 Å². The summed E-state index contributed by atoms with van der Waals surface area (Å²) in [4.78, 5) is 17.1. The summed E-state index contributed by atoms with van der Waals surface area (Å²) in [6.07, 6.45) is 0.138. The van der Waals surface area contributed by atoms with Crippen molar-refractivity contribution in [3.05, 3.63) is 65.5 Å². The summed E-state index contributed by atoms with van der Waals surface area (Å²) in [5, 5.41) is 2.99. The first kappa shape index (κ1) is 19.5. The van der Waals surface area contributed by atoms with Gasteiger partial charge in [-0.25, -0.2) is 4.98 Å². The molecule has 6 nitrogen and oxygen atoms in total. The van der Waals surface area contributed by atoms with Crippen LogP contribution in [0.25, 0.3) is 11.5 Å². The number of oxazole rings is 1. The third kappa shape index (κ3) is 4.34. The molecule has 0 bridgehead atoms. The van der Waals surface area contributed by atoms with Crippen molar-refractivity contribution in [2.45, 2.75) is 26.3 Å². The molecule has 0 radical (unpaired) electrons. The summed E-state index contributed by atoms with van der Waals surface area (Å²) >= 11 is 0. The van der Waals surface area contributed by atoms with Crippen molar-refractivity contribution >= 4 is 5.91 Å². The molecule has 0 fully saturated rings. The van der Waals surface area contributed by atoms with E-state index in [9.17, 15) is 4.79 Å². The largest absolute Gasteiger partial charge is 0.497 e. The first-order valence-corrected chi connectivity index (χ1v) is 9.04. The lowest BCUT2D eigenvalue weighted by molar-refractivity contribution is -0.121. The molecule has 3 aromatic rings. The van der Waals surface area contributed by atoms with Crippen molar-refractivity contribution in [3.63, 3.8) is 0 Å². The molecule has 0 spiro atoms. The lowest BCUT2D eigenvalue weighted by Crippen LogP contribution is -2.28.